The van der Waals surface area contributed by atoms with E-state index in [4.69, 9.17) is 17.7 Å². The number of rotatable bonds is 15. The Labute approximate surface area is 236 Å². The van der Waals surface area contributed by atoms with E-state index in [9.17, 15) is 0 Å². The molecule has 4 rings (SSSR count). The van der Waals surface area contributed by atoms with Crippen molar-refractivity contribution in [3.8, 4) is 23.0 Å². The second-order valence-corrected chi connectivity index (χ2v) is 18.1. The summed E-state index contributed by atoms with van der Waals surface area (Å²) in [6.45, 7) is 4.28. The first-order chi connectivity index (χ1) is 18.5. The SMILES string of the molecule is C[Si](CCSSCC[Si](C)(Oc1ccccc1)Oc1ccccc1)(Oc1ccccc1)Oc1ccccc1. The highest BCUT2D eigenvalue weighted by Crippen LogP contribution is 2.31. The molecular weight excluding hydrogens is 545 g/mol. The summed E-state index contributed by atoms with van der Waals surface area (Å²) in [6, 6.07) is 41.6. The van der Waals surface area contributed by atoms with Gasteiger partial charge in [0.15, 0.2) is 0 Å². The normalized spacial score (nSPS) is 11.5. The molecular formula is C30H34O4S2Si2. The molecule has 0 saturated carbocycles. The van der Waals surface area contributed by atoms with Gasteiger partial charge in [0.25, 0.3) is 0 Å². The molecule has 4 aromatic carbocycles. The van der Waals surface area contributed by atoms with Crippen molar-refractivity contribution in [2.75, 3.05) is 11.5 Å². The molecule has 0 radical (unpaired) electrons. The molecule has 0 N–H and O–H groups in total. The number of hydrogen-bond acceptors (Lipinski definition) is 6. The van der Waals surface area contributed by atoms with Crippen molar-refractivity contribution < 1.29 is 17.7 Å². The van der Waals surface area contributed by atoms with Gasteiger partial charge < -0.3 is 17.7 Å². The molecule has 0 spiro atoms. The first kappa shape index (κ1) is 28.2. The summed E-state index contributed by atoms with van der Waals surface area (Å²) >= 11 is 0. The van der Waals surface area contributed by atoms with Crippen LogP contribution in [0.15, 0.2) is 121 Å². The minimum atomic E-state index is -2.50. The van der Waals surface area contributed by atoms with E-state index in [0.29, 0.717) is 0 Å². The number of benzene rings is 4. The minimum absolute atomic E-state index is 0.855. The summed E-state index contributed by atoms with van der Waals surface area (Å²) in [5.74, 6) is 5.29. The van der Waals surface area contributed by atoms with Crippen LogP contribution < -0.4 is 17.7 Å². The van der Waals surface area contributed by atoms with E-state index in [1.807, 2.05) is 143 Å². The molecule has 0 heterocycles. The molecule has 8 heteroatoms. The molecule has 0 fully saturated rings. The molecule has 0 atom stereocenters. The fraction of sp³-hybridized carbons (Fsp3) is 0.200. The van der Waals surface area contributed by atoms with Crippen molar-refractivity contribution in [3.05, 3.63) is 121 Å². The van der Waals surface area contributed by atoms with Gasteiger partial charge in [-0.15, -0.1) is 0 Å². The molecule has 38 heavy (non-hydrogen) atoms. The van der Waals surface area contributed by atoms with E-state index in [1.165, 1.54) is 0 Å². The molecule has 0 aliphatic rings. The van der Waals surface area contributed by atoms with Gasteiger partial charge in [-0.2, -0.15) is 0 Å². The van der Waals surface area contributed by atoms with Gasteiger partial charge in [-0.1, -0.05) is 94.4 Å². The Kier molecular flexibility index (Phi) is 10.7. The molecule has 198 valence electrons. The molecule has 4 aromatic rings. The van der Waals surface area contributed by atoms with E-state index >= 15 is 0 Å². The Hall–Kier alpha value is -2.79. The first-order valence-corrected chi connectivity index (χ1v) is 20.3. The predicted octanol–water partition coefficient (Wildman–Crippen LogP) is 8.83. The molecule has 0 aliphatic carbocycles. The molecule has 0 saturated heterocycles. The Balaban J connectivity index is 1.31. The summed E-state index contributed by atoms with van der Waals surface area (Å²) in [5, 5.41) is 0. The van der Waals surface area contributed by atoms with Crippen molar-refractivity contribution in [2.45, 2.75) is 25.2 Å². The van der Waals surface area contributed by atoms with E-state index in [2.05, 4.69) is 13.1 Å². The van der Waals surface area contributed by atoms with Crippen LogP contribution in [0.4, 0.5) is 0 Å². The lowest BCUT2D eigenvalue weighted by Crippen LogP contribution is -2.46. The van der Waals surface area contributed by atoms with Gasteiger partial charge in [0.05, 0.1) is 0 Å². The Morgan fingerprint density at radius 1 is 0.421 bits per heavy atom. The van der Waals surface area contributed by atoms with Crippen LogP contribution in [0.2, 0.25) is 25.2 Å². The fourth-order valence-corrected chi connectivity index (χ4v) is 12.9. The summed E-state index contributed by atoms with van der Waals surface area (Å²) in [7, 11) is -1.30. The van der Waals surface area contributed by atoms with Gasteiger partial charge in [0, 0.05) is 36.7 Å². The highest BCUT2D eigenvalue weighted by molar-refractivity contribution is 8.76. The standard InChI is InChI=1S/C30H34O4S2Si2/c1-37(31-27-15-7-3-8-16-27,32-28-17-9-4-10-18-28)25-23-35-36-24-26-38(2,33-29-19-11-5-12-20-29)34-30-21-13-6-14-22-30/h3-22H,23-26H2,1-2H3. The average Bonchev–Trinajstić information content (AvgIpc) is 2.93. The third-order valence-electron chi connectivity index (χ3n) is 5.67. The van der Waals surface area contributed by atoms with Crippen LogP contribution in [0.25, 0.3) is 0 Å². The lowest BCUT2D eigenvalue weighted by molar-refractivity contribution is 0.390. The summed E-state index contributed by atoms with van der Waals surface area (Å²) in [5.41, 5.74) is 0. The van der Waals surface area contributed by atoms with Crippen LogP contribution >= 0.6 is 21.6 Å². The third-order valence-corrected chi connectivity index (χ3v) is 13.8. The second-order valence-electron chi connectivity index (χ2n) is 9.07. The first-order valence-electron chi connectivity index (χ1n) is 12.7. The highest BCUT2D eigenvalue weighted by atomic mass is 33.1. The lowest BCUT2D eigenvalue weighted by atomic mass is 10.3. The quantitative estimate of drug-likeness (QED) is 0.0797. The fourth-order valence-electron chi connectivity index (χ4n) is 3.77. The number of para-hydroxylation sites is 4. The van der Waals surface area contributed by atoms with Crippen LogP contribution in [0.5, 0.6) is 23.0 Å². The van der Waals surface area contributed by atoms with Crippen molar-refractivity contribution in [2.24, 2.45) is 0 Å². The predicted molar refractivity (Wildman–Crippen MR) is 166 cm³/mol. The van der Waals surface area contributed by atoms with Gasteiger partial charge in [0.2, 0.25) is 0 Å². The van der Waals surface area contributed by atoms with Crippen LogP contribution in [-0.2, 0) is 0 Å². The van der Waals surface area contributed by atoms with Gasteiger partial charge in [-0.3, -0.25) is 0 Å². The topological polar surface area (TPSA) is 36.9 Å². The van der Waals surface area contributed by atoms with Crippen LogP contribution in [0.3, 0.4) is 0 Å². The summed E-state index contributed by atoms with van der Waals surface area (Å²) in [6.07, 6.45) is 0. The highest BCUT2D eigenvalue weighted by Gasteiger charge is 2.37. The van der Waals surface area contributed by atoms with E-state index in [-0.39, 0.29) is 0 Å². The molecule has 0 amide bonds. The Morgan fingerprint density at radius 2 is 0.658 bits per heavy atom. The maximum Gasteiger partial charge on any atom is 0.458 e. The van der Waals surface area contributed by atoms with E-state index < -0.39 is 17.1 Å². The maximum atomic E-state index is 6.46. The van der Waals surface area contributed by atoms with E-state index in [1.54, 1.807) is 0 Å². The summed E-state index contributed by atoms with van der Waals surface area (Å²) < 4.78 is 25.8. The maximum absolute atomic E-state index is 6.46. The number of hydrogen-bond donors (Lipinski definition) is 0. The van der Waals surface area contributed by atoms with Gasteiger partial charge in [0.1, 0.15) is 23.0 Å². The minimum Gasteiger partial charge on any atom is -0.512 e. The molecule has 0 aromatic heterocycles. The zero-order valence-electron chi connectivity index (χ0n) is 21.8. The van der Waals surface area contributed by atoms with Crippen molar-refractivity contribution >= 4 is 38.7 Å². The van der Waals surface area contributed by atoms with Crippen LogP contribution in [0.1, 0.15) is 0 Å². The van der Waals surface area contributed by atoms with Crippen molar-refractivity contribution in [1.82, 2.24) is 0 Å². The van der Waals surface area contributed by atoms with Crippen molar-refractivity contribution in [3.63, 3.8) is 0 Å². The molecule has 0 bridgehead atoms. The van der Waals surface area contributed by atoms with Crippen LogP contribution in [0, 0.1) is 0 Å². The molecule has 4 nitrogen and oxygen atoms in total. The zero-order valence-corrected chi connectivity index (χ0v) is 25.5. The lowest BCUT2D eigenvalue weighted by Gasteiger charge is -2.29. The van der Waals surface area contributed by atoms with Gasteiger partial charge in [-0.25, -0.2) is 0 Å². The Bertz CT molecular complexity index is 1020. The average molecular weight is 579 g/mol. The van der Waals surface area contributed by atoms with Crippen molar-refractivity contribution in [1.29, 1.82) is 0 Å². The van der Waals surface area contributed by atoms with E-state index in [0.717, 1.165) is 46.6 Å². The smallest absolute Gasteiger partial charge is 0.458 e. The Morgan fingerprint density at radius 3 is 0.895 bits per heavy atom. The van der Waals surface area contributed by atoms with Gasteiger partial charge >= 0.3 is 17.1 Å². The monoisotopic (exact) mass is 578 g/mol. The molecule has 0 unspecified atom stereocenters. The summed E-state index contributed by atoms with van der Waals surface area (Å²) in [4.78, 5) is 0. The van der Waals surface area contributed by atoms with Crippen LogP contribution in [-0.4, -0.2) is 28.6 Å². The third kappa shape index (κ3) is 9.51. The van der Waals surface area contributed by atoms with Gasteiger partial charge in [-0.05, 0) is 48.5 Å². The second kappa shape index (κ2) is 14.4. The molecule has 0 aliphatic heterocycles. The largest absolute Gasteiger partial charge is 0.512 e. The zero-order chi connectivity index (χ0) is 26.5.